The maximum atomic E-state index is 10.7. The van der Waals surface area contributed by atoms with Crippen molar-refractivity contribution in [3.63, 3.8) is 0 Å². The van der Waals surface area contributed by atoms with Crippen molar-refractivity contribution < 1.29 is 14.6 Å². The number of halogens is 1. The van der Waals surface area contributed by atoms with E-state index in [2.05, 4.69) is 15.9 Å². The third kappa shape index (κ3) is 5.22. The average Bonchev–Trinajstić information content (AvgIpc) is 2.18. The molecule has 0 spiro atoms. The zero-order chi connectivity index (χ0) is 13.1. The fourth-order valence-electron chi connectivity index (χ4n) is 1.34. The van der Waals surface area contributed by atoms with Crippen molar-refractivity contribution in [2.24, 2.45) is 0 Å². The number of carboxylic acids is 1. The van der Waals surface area contributed by atoms with Crippen LogP contribution in [0.1, 0.15) is 26.3 Å². The van der Waals surface area contributed by atoms with Gasteiger partial charge in [0.05, 0.1) is 0 Å². The van der Waals surface area contributed by atoms with E-state index in [1.807, 2.05) is 45.0 Å². The second-order valence-corrected chi connectivity index (χ2v) is 5.97. The molecule has 1 rings (SSSR count). The largest absolute Gasteiger partial charge is 0.488 e. The summed E-state index contributed by atoms with van der Waals surface area (Å²) in [6, 6.07) is 7.50. The van der Waals surface area contributed by atoms with E-state index in [-0.39, 0.29) is 5.60 Å². The lowest BCUT2D eigenvalue weighted by molar-refractivity contribution is -0.136. The van der Waals surface area contributed by atoms with Crippen LogP contribution in [-0.2, 0) is 11.2 Å². The third-order valence-corrected chi connectivity index (χ3v) is 2.75. The minimum atomic E-state index is -0.847. The van der Waals surface area contributed by atoms with Crippen LogP contribution in [0.15, 0.2) is 24.3 Å². The Hall–Kier alpha value is -1.03. The summed E-state index contributed by atoms with van der Waals surface area (Å²) in [5.74, 6) is -0.0530. The molecule has 94 valence electrons. The maximum Gasteiger partial charge on any atom is 0.317 e. The van der Waals surface area contributed by atoms with Gasteiger partial charge in [0, 0.05) is 0 Å². The van der Waals surface area contributed by atoms with Gasteiger partial charge in [0.15, 0.2) is 0 Å². The Morgan fingerprint density at radius 3 is 2.29 bits per heavy atom. The molecule has 4 heteroatoms. The fourth-order valence-corrected chi connectivity index (χ4v) is 1.72. The second kappa shape index (κ2) is 5.54. The van der Waals surface area contributed by atoms with Crippen molar-refractivity contribution in [3.8, 4) is 5.75 Å². The van der Waals surface area contributed by atoms with Crippen LogP contribution >= 0.6 is 15.9 Å². The first-order valence-corrected chi connectivity index (χ1v) is 6.34. The molecular formula is C13H17BrO3. The quantitative estimate of drug-likeness (QED) is 0.868. The Bertz CT molecular complexity index is 379. The van der Waals surface area contributed by atoms with Gasteiger partial charge in [-0.3, -0.25) is 4.79 Å². The first kappa shape index (κ1) is 14.0. The molecule has 0 fully saturated rings. The van der Waals surface area contributed by atoms with E-state index in [0.717, 1.165) is 11.3 Å². The standard InChI is InChI=1S/C13H17BrO3/c1-13(2,3)17-10-6-4-9(5-7-10)8-11(14)12(15)16/h4-7,11H,8H2,1-3H3,(H,15,16)/t11-/m0/s1. The van der Waals surface area contributed by atoms with Crippen LogP contribution < -0.4 is 4.74 Å². The maximum absolute atomic E-state index is 10.7. The molecule has 3 nitrogen and oxygen atoms in total. The molecule has 0 saturated heterocycles. The molecular weight excluding hydrogens is 284 g/mol. The van der Waals surface area contributed by atoms with Crippen LogP contribution in [-0.4, -0.2) is 21.5 Å². The van der Waals surface area contributed by atoms with Crippen LogP contribution in [0.3, 0.4) is 0 Å². The Labute approximate surface area is 110 Å². The summed E-state index contributed by atoms with van der Waals surface area (Å²) in [4.78, 5) is 10.1. The summed E-state index contributed by atoms with van der Waals surface area (Å²) in [6.07, 6.45) is 0.463. The minimum absolute atomic E-state index is 0.222. The van der Waals surface area contributed by atoms with Crippen LogP contribution in [0.25, 0.3) is 0 Å². The highest BCUT2D eigenvalue weighted by molar-refractivity contribution is 9.10. The first-order valence-electron chi connectivity index (χ1n) is 5.43. The van der Waals surface area contributed by atoms with Crippen LogP contribution in [0.4, 0.5) is 0 Å². The van der Waals surface area contributed by atoms with Gasteiger partial charge in [0.25, 0.3) is 0 Å². The molecule has 0 aliphatic rings. The number of aliphatic carboxylic acids is 1. The molecule has 0 radical (unpaired) electrons. The van der Waals surface area contributed by atoms with Crippen molar-refractivity contribution in [2.75, 3.05) is 0 Å². The smallest absolute Gasteiger partial charge is 0.317 e. The lowest BCUT2D eigenvalue weighted by atomic mass is 10.1. The molecule has 0 saturated carbocycles. The number of alkyl halides is 1. The third-order valence-electron chi connectivity index (χ3n) is 2.03. The second-order valence-electron chi connectivity index (χ2n) is 4.87. The highest BCUT2D eigenvalue weighted by atomic mass is 79.9. The molecule has 0 heterocycles. The highest BCUT2D eigenvalue weighted by Gasteiger charge is 2.14. The van der Waals surface area contributed by atoms with Crippen molar-refractivity contribution in [3.05, 3.63) is 29.8 Å². The van der Waals surface area contributed by atoms with E-state index in [1.54, 1.807) is 0 Å². The van der Waals surface area contributed by atoms with Crippen LogP contribution in [0.2, 0.25) is 0 Å². The molecule has 0 aliphatic carbocycles. The zero-order valence-electron chi connectivity index (χ0n) is 10.2. The molecule has 0 aromatic heterocycles. The number of hydrogen-bond donors (Lipinski definition) is 1. The van der Waals surface area contributed by atoms with E-state index in [1.165, 1.54) is 0 Å². The van der Waals surface area contributed by atoms with Crippen LogP contribution in [0.5, 0.6) is 5.75 Å². The molecule has 0 amide bonds. The number of carboxylic acid groups (broad SMARTS) is 1. The van der Waals surface area contributed by atoms with E-state index in [9.17, 15) is 4.79 Å². The Morgan fingerprint density at radius 1 is 1.35 bits per heavy atom. The summed E-state index contributed by atoms with van der Waals surface area (Å²) < 4.78 is 5.68. The number of benzene rings is 1. The lowest BCUT2D eigenvalue weighted by Crippen LogP contribution is -2.22. The zero-order valence-corrected chi connectivity index (χ0v) is 11.8. The van der Waals surface area contributed by atoms with Gasteiger partial charge in [-0.25, -0.2) is 0 Å². The van der Waals surface area contributed by atoms with Gasteiger partial charge in [-0.05, 0) is 44.9 Å². The molecule has 0 unspecified atom stereocenters. The molecule has 1 atom stereocenters. The highest BCUT2D eigenvalue weighted by Crippen LogP contribution is 2.20. The van der Waals surface area contributed by atoms with E-state index < -0.39 is 10.8 Å². The van der Waals surface area contributed by atoms with Gasteiger partial charge in [-0.2, -0.15) is 0 Å². The summed E-state index contributed by atoms with van der Waals surface area (Å²) in [5, 5.41) is 8.78. The number of rotatable bonds is 4. The van der Waals surface area contributed by atoms with Crippen molar-refractivity contribution in [1.82, 2.24) is 0 Å². The number of carbonyl (C=O) groups is 1. The van der Waals surface area contributed by atoms with Crippen molar-refractivity contribution >= 4 is 21.9 Å². The monoisotopic (exact) mass is 300 g/mol. The van der Waals surface area contributed by atoms with Gasteiger partial charge >= 0.3 is 5.97 Å². The minimum Gasteiger partial charge on any atom is -0.488 e. The van der Waals surface area contributed by atoms with E-state index in [0.29, 0.717) is 6.42 Å². The molecule has 1 N–H and O–H groups in total. The van der Waals surface area contributed by atoms with E-state index in [4.69, 9.17) is 9.84 Å². The van der Waals surface area contributed by atoms with Gasteiger partial charge < -0.3 is 9.84 Å². The normalized spacial score (nSPS) is 13.2. The first-order chi connectivity index (χ1) is 7.78. The molecule has 1 aromatic carbocycles. The average molecular weight is 301 g/mol. The van der Waals surface area contributed by atoms with Crippen LogP contribution in [0, 0.1) is 0 Å². The fraction of sp³-hybridized carbons (Fsp3) is 0.462. The topological polar surface area (TPSA) is 46.5 Å². The molecule has 0 bridgehead atoms. The summed E-state index contributed by atoms with van der Waals surface area (Å²) >= 11 is 3.12. The molecule has 17 heavy (non-hydrogen) atoms. The molecule has 1 aromatic rings. The summed E-state index contributed by atoms with van der Waals surface area (Å²) in [7, 11) is 0. The summed E-state index contributed by atoms with van der Waals surface area (Å²) in [6.45, 7) is 5.96. The van der Waals surface area contributed by atoms with Crippen molar-refractivity contribution in [1.29, 1.82) is 0 Å². The van der Waals surface area contributed by atoms with Gasteiger partial charge in [0.1, 0.15) is 16.2 Å². The predicted molar refractivity (Wildman–Crippen MR) is 70.9 cm³/mol. The summed E-state index contributed by atoms with van der Waals surface area (Å²) in [5.41, 5.74) is 0.746. The lowest BCUT2D eigenvalue weighted by Gasteiger charge is -2.21. The van der Waals surface area contributed by atoms with Gasteiger partial charge in [0.2, 0.25) is 0 Å². The van der Waals surface area contributed by atoms with E-state index >= 15 is 0 Å². The Morgan fingerprint density at radius 2 is 1.88 bits per heavy atom. The Kier molecular flexibility index (Phi) is 4.57. The van der Waals surface area contributed by atoms with Crippen molar-refractivity contribution in [2.45, 2.75) is 37.6 Å². The predicted octanol–water partition coefficient (Wildman–Crippen LogP) is 3.25. The number of hydrogen-bond acceptors (Lipinski definition) is 2. The number of ether oxygens (including phenoxy) is 1. The van der Waals surface area contributed by atoms with Gasteiger partial charge in [-0.15, -0.1) is 0 Å². The molecule has 0 aliphatic heterocycles. The SMILES string of the molecule is CC(C)(C)Oc1ccc(C[C@H](Br)C(=O)O)cc1. The Balaban J connectivity index is 2.65. The van der Waals surface area contributed by atoms with Gasteiger partial charge in [-0.1, -0.05) is 28.1 Å².